The number of benzene rings is 1. The van der Waals surface area contributed by atoms with Crippen molar-refractivity contribution in [2.45, 2.75) is 6.92 Å². The minimum absolute atomic E-state index is 0.0543. The summed E-state index contributed by atoms with van der Waals surface area (Å²) in [4.78, 5) is 29.8. The van der Waals surface area contributed by atoms with Gasteiger partial charge in [-0.2, -0.15) is 0 Å². The van der Waals surface area contributed by atoms with Crippen molar-refractivity contribution in [3.8, 4) is 0 Å². The number of aromatic nitrogens is 2. The van der Waals surface area contributed by atoms with E-state index in [2.05, 4.69) is 15.1 Å². The molecule has 1 aromatic carbocycles. The fraction of sp³-hybridized carbons (Fsp3) is 0.0769. The van der Waals surface area contributed by atoms with Gasteiger partial charge in [-0.05, 0) is 6.92 Å². The van der Waals surface area contributed by atoms with Gasteiger partial charge in [0, 0.05) is 17.3 Å². The first-order chi connectivity index (χ1) is 9.11. The van der Waals surface area contributed by atoms with Crippen LogP contribution in [0.25, 0.3) is 0 Å². The van der Waals surface area contributed by atoms with E-state index in [0.717, 1.165) is 0 Å². The van der Waals surface area contributed by atoms with Crippen LogP contribution in [0.4, 0.5) is 0 Å². The van der Waals surface area contributed by atoms with Crippen molar-refractivity contribution in [1.82, 2.24) is 9.97 Å². The van der Waals surface area contributed by atoms with Crippen molar-refractivity contribution in [1.29, 1.82) is 0 Å². The largest absolute Gasteiger partial charge is 0.410 e. The monoisotopic (exact) mass is 257 g/mol. The van der Waals surface area contributed by atoms with Crippen molar-refractivity contribution >= 4 is 11.5 Å². The topological polar surface area (TPSA) is 95.4 Å². The average molecular weight is 257 g/mol. The van der Waals surface area contributed by atoms with Gasteiger partial charge in [-0.15, -0.1) is 0 Å². The van der Waals surface area contributed by atoms with Crippen LogP contribution in [0.1, 0.15) is 21.9 Å². The van der Waals surface area contributed by atoms with Crippen LogP contribution >= 0.6 is 0 Å². The summed E-state index contributed by atoms with van der Waals surface area (Å²) in [6, 6.07) is 9.59. The van der Waals surface area contributed by atoms with Gasteiger partial charge in [-0.3, -0.25) is 9.59 Å². The van der Waals surface area contributed by atoms with E-state index in [1.807, 2.05) is 0 Å². The highest BCUT2D eigenvalue weighted by Crippen LogP contribution is 2.05. The zero-order valence-corrected chi connectivity index (χ0v) is 10.1. The number of rotatable bonds is 3. The molecule has 0 unspecified atom stereocenters. The average Bonchev–Trinajstić information content (AvgIpc) is 2.39. The summed E-state index contributed by atoms with van der Waals surface area (Å²) in [5.41, 5.74) is 0.0664. The van der Waals surface area contributed by atoms with E-state index in [1.165, 1.54) is 6.07 Å². The zero-order chi connectivity index (χ0) is 13.8. The third-order valence-electron chi connectivity index (χ3n) is 2.45. The Labute approximate surface area is 108 Å². The maximum absolute atomic E-state index is 12.1. The van der Waals surface area contributed by atoms with Crippen LogP contribution in [0.15, 0.2) is 46.3 Å². The zero-order valence-electron chi connectivity index (χ0n) is 10.1. The highest BCUT2D eigenvalue weighted by atomic mass is 16.4. The number of ketones is 1. The molecule has 6 nitrogen and oxygen atoms in total. The summed E-state index contributed by atoms with van der Waals surface area (Å²) < 4.78 is 0. The van der Waals surface area contributed by atoms with Crippen LogP contribution < -0.4 is 5.56 Å². The summed E-state index contributed by atoms with van der Waals surface area (Å²) in [6.45, 7) is 1.61. The van der Waals surface area contributed by atoms with Crippen molar-refractivity contribution in [3.63, 3.8) is 0 Å². The molecule has 2 aromatic rings. The summed E-state index contributed by atoms with van der Waals surface area (Å²) in [7, 11) is 0. The Hall–Kier alpha value is -2.76. The number of carbonyl (C=O) groups is 1. The maximum atomic E-state index is 12.1. The molecular weight excluding hydrogens is 246 g/mol. The molecule has 0 aliphatic heterocycles. The van der Waals surface area contributed by atoms with Gasteiger partial charge >= 0.3 is 0 Å². The lowest BCUT2D eigenvalue weighted by atomic mass is 10.1. The molecule has 1 aromatic heterocycles. The number of aryl methyl sites for hydroxylation is 1. The van der Waals surface area contributed by atoms with Crippen molar-refractivity contribution in [2.24, 2.45) is 5.16 Å². The van der Waals surface area contributed by atoms with Gasteiger partial charge in [-0.1, -0.05) is 35.5 Å². The molecular formula is C13H11N3O3. The van der Waals surface area contributed by atoms with E-state index in [-0.39, 0.29) is 11.5 Å². The van der Waals surface area contributed by atoms with Crippen LogP contribution in [0, 0.1) is 6.92 Å². The molecule has 1 heterocycles. The summed E-state index contributed by atoms with van der Waals surface area (Å²) in [5.74, 6) is -0.571. The van der Waals surface area contributed by atoms with E-state index in [4.69, 9.17) is 5.21 Å². The Morgan fingerprint density at radius 3 is 2.58 bits per heavy atom. The van der Waals surface area contributed by atoms with E-state index < -0.39 is 11.3 Å². The fourth-order valence-electron chi connectivity index (χ4n) is 1.62. The van der Waals surface area contributed by atoms with Gasteiger partial charge in [0.05, 0.1) is 0 Å². The fourth-order valence-corrected chi connectivity index (χ4v) is 1.62. The molecule has 96 valence electrons. The van der Waals surface area contributed by atoms with Gasteiger partial charge < -0.3 is 10.2 Å². The SMILES string of the molecule is Cc1cc(=O)[nH]c(C(=NO)C(=O)c2ccccc2)n1. The molecule has 2 N–H and O–H groups in total. The van der Waals surface area contributed by atoms with Crippen LogP contribution in [0.3, 0.4) is 0 Å². The third kappa shape index (κ3) is 2.74. The molecule has 0 bridgehead atoms. The Morgan fingerprint density at radius 2 is 2.00 bits per heavy atom. The van der Waals surface area contributed by atoms with E-state index in [0.29, 0.717) is 11.3 Å². The molecule has 0 fully saturated rings. The van der Waals surface area contributed by atoms with Crippen LogP contribution in [0.5, 0.6) is 0 Å². The first-order valence-electron chi connectivity index (χ1n) is 5.52. The number of nitrogens with one attached hydrogen (secondary N) is 1. The van der Waals surface area contributed by atoms with Crippen molar-refractivity contribution in [2.75, 3.05) is 0 Å². The Balaban J connectivity index is 2.47. The van der Waals surface area contributed by atoms with E-state index >= 15 is 0 Å². The molecule has 0 spiro atoms. The van der Waals surface area contributed by atoms with Gasteiger partial charge in [-0.25, -0.2) is 4.98 Å². The lowest BCUT2D eigenvalue weighted by Gasteiger charge is -2.03. The number of hydrogen-bond acceptors (Lipinski definition) is 5. The number of H-pyrrole nitrogens is 1. The van der Waals surface area contributed by atoms with Gasteiger partial charge in [0.1, 0.15) is 0 Å². The second-order valence-electron chi connectivity index (χ2n) is 3.88. The third-order valence-corrected chi connectivity index (χ3v) is 2.45. The van der Waals surface area contributed by atoms with E-state index in [1.54, 1.807) is 37.3 Å². The number of hydrogen-bond donors (Lipinski definition) is 2. The first-order valence-corrected chi connectivity index (χ1v) is 5.52. The molecule has 6 heteroatoms. The number of oxime groups is 1. The normalized spacial score (nSPS) is 11.3. The van der Waals surface area contributed by atoms with E-state index in [9.17, 15) is 9.59 Å². The molecule has 0 amide bonds. The quantitative estimate of drug-likeness (QED) is 0.373. The number of carbonyl (C=O) groups excluding carboxylic acids is 1. The number of nitrogens with zero attached hydrogens (tertiary/aromatic N) is 2. The predicted octanol–water partition coefficient (Wildman–Crippen LogP) is 1.14. The van der Waals surface area contributed by atoms with Gasteiger partial charge in [0.2, 0.25) is 5.78 Å². The lowest BCUT2D eigenvalue weighted by Crippen LogP contribution is -2.23. The van der Waals surface area contributed by atoms with Crippen molar-refractivity contribution in [3.05, 3.63) is 63.8 Å². The molecule has 0 atom stereocenters. The molecule has 19 heavy (non-hydrogen) atoms. The Kier molecular flexibility index (Phi) is 3.51. The minimum atomic E-state index is -0.517. The highest BCUT2D eigenvalue weighted by molar-refractivity contribution is 6.50. The molecule has 0 radical (unpaired) electrons. The van der Waals surface area contributed by atoms with Crippen LogP contribution in [-0.4, -0.2) is 26.7 Å². The van der Waals surface area contributed by atoms with Crippen molar-refractivity contribution < 1.29 is 10.0 Å². The summed E-state index contributed by atoms with van der Waals surface area (Å²) in [5, 5.41) is 11.9. The summed E-state index contributed by atoms with van der Waals surface area (Å²) >= 11 is 0. The highest BCUT2D eigenvalue weighted by Gasteiger charge is 2.19. The Bertz CT molecular complexity index is 690. The van der Waals surface area contributed by atoms with Crippen LogP contribution in [0.2, 0.25) is 0 Å². The maximum Gasteiger partial charge on any atom is 0.251 e. The van der Waals surface area contributed by atoms with Gasteiger partial charge in [0.25, 0.3) is 5.56 Å². The predicted molar refractivity (Wildman–Crippen MR) is 68.7 cm³/mol. The molecule has 2 rings (SSSR count). The molecule has 0 aliphatic rings. The first kappa shape index (κ1) is 12.7. The Morgan fingerprint density at radius 1 is 1.32 bits per heavy atom. The number of aromatic amines is 1. The minimum Gasteiger partial charge on any atom is -0.410 e. The summed E-state index contributed by atoms with van der Waals surface area (Å²) in [6.07, 6.45) is 0. The smallest absolute Gasteiger partial charge is 0.251 e. The second-order valence-corrected chi connectivity index (χ2v) is 3.88. The second kappa shape index (κ2) is 5.26. The lowest BCUT2D eigenvalue weighted by molar-refractivity contribution is 0.106. The standard InChI is InChI=1S/C13H11N3O3/c1-8-7-10(17)15-13(14-8)11(16-19)12(18)9-5-3-2-4-6-9/h2-7,19H,1H3,(H,14,15,17). The molecule has 0 aliphatic carbocycles. The number of Topliss-reactive ketones (excluding diaryl/α,β-unsaturated/α-hetero) is 1. The molecule has 0 saturated heterocycles. The van der Waals surface area contributed by atoms with Crippen LogP contribution in [-0.2, 0) is 0 Å². The molecule has 0 saturated carbocycles. The van der Waals surface area contributed by atoms with Gasteiger partial charge in [0.15, 0.2) is 11.5 Å².